The van der Waals surface area contributed by atoms with Crippen molar-refractivity contribution < 1.29 is 9.47 Å². The van der Waals surface area contributed by atoms with Crippen molar-refractivity contribution in [2.45, 2.75) is 37.8 Å². The van der Waals surface area contributed by atoms with Gasteiger partial charge < -0.3 is 20.5 Å². The van der Waals surface area contributed by atoms with Gasteiger partial charge in [-0.15, -0.1) is 0 Å². The van der Waals surface area contributed by atoms with E-state index in [1.165, 1.54) is 25.7 Å². The topological polar surface area (TPSA) is 68.9 Å². The number of hydrogen-bond acceptors (Lipinski definition) is 3. The fourth-order valence-electron chi connectivity index (χ4n) is 2.17. The Hall–Kier alpha value is -0.810. The van der Waals surface area contributed by atoms with Crippen molar-refractivity contribution >= 4 is 5.96 Å². The Morgan fingerprint density at radius 3 is 2.81 bits per heavy atom. The second-order valence-electron chi connectivity index (χ2n) is 4.42. The van der Waals surface area contributed by atoms with Crippen molar-refractivity contribution in [3.8, 4) is 0 Å². The number of guanidine groups is 1. The van der Waals surface area contributed by atoms with Crippen LogP contribution in [-0.4, -0.2) is 44.5 Å². The van der Waals surface area contributed by atoms with Crippen molar-refractivity contribution in [1.82, 2.24) is 5.32 Å². The van der Waals surface area contributed by atoms with Gasteiger partial charge in [-0.2, -0.15) is 0 Å². The van der Waals surface area contributed by atoms with Gasteiger partial charge in [0.25, 0.3) is 0 Å². The number of aliphatic imine (C=N–C) groups is 1. The maximum absolute atomic E-state index is 5.81. The summed E-state index contributed by atoms with van der Waals surface area (Å²) in [5.41, 5.74) is 5.81. The van der Waals surface area contributed by atoms with Gasteiger partial charge in [-0.25, -0.2) is 0 Å². The first-order valence-corrected chi connectivity index (χ1v) is 6.10. The fourth-order valence-corrected chi connectivity index (χ4v) is 2.17. The van der Waals surface area contributed by atoms with E-state index in [0.717, 1.165) is 0 Å². The number of nitrogens with zero attached hydrogens (tertiary/aromatic N) is 1. The molecule has 92 valence electrons. The zero-order valence-corrected chi connectivity index (χ0v) is 9.65. The van der Waals surface area contributed by atoms with E-state index in [9.17, 15) is 0 Å². The second kappa shape index (κ2) is 6.06. The van der Waals surface area contributed by atoms with Gasteiger partial charge in [-0.1, -0.05) is 12.8 Å². The van der Waals surface area contributed by atoms with Gasteiger partial charge >= 0.3 is 0 Å². The third-order valence-electron chi connectivity index (χ3n) is 3.06. The van der Waals surface area contributed by atoms with Crippen LogP contribution in [0.1, 0.15) is 25.7 Å². The second-order valence-corrected chi connectivity index (χ2v) is 4.42. The first kappa shape index (κ1) is 11.7. The summed E-state index contributed by atoms with van der Waals surface area (Å²) in [4.78, 5) is 4.29. The molecule has 0 spiro atoms. The van der Waals surface area contributed by atoms with E-state index in [4.69, 9.17) is 15.2 Å². The summed E-state index contributed by atoms with van der Waals surface area (Å²) in [7, 11) is 0. The Labute approximate surface area is 96.4 Å². The first-order valence-electron chi connectivity index (χ1n) is 6.10. The highest BCUT2D eigenvalue weighted by Gasteiger charge is 2.16. The molecule has 0 amide bonds. The van der Waals surface area contributed by atoms with E-state index >= 15 is 0 Å². The number of hydrogen-bond donors (Lipinski definition) is 2. The van der Waals surface area contributed by atoms with Gasteiger partial charge in [0.15, 0.2) is 5.96 Å². The Bertz CT molecular complexity index is 233. The Morgan fingerprint density at radius 2 is 2.12 bits per heavy atom. The Morgan fingerprint density at radius 1 is 1.31 bits per heavy atom. The highest BCUT2D eigenvalue weighted by atomic mass is 16.6. The van der Waals surface area contributed by atoms with Crippen LogP contribution in [0.2, 0.25) is 0 Å². The average Bonchev–Trinajstić information content (AvgIpc) is 2.81. The molecule has 1 heterocycles. The molecule has 2 fully saturated rings. The van der Waals surface area contributed by atoms with Crippen LogP contribution >= 0.6 is 0 Å². The van der Waals surface area contributed by atoms with Crippen molar-refractivity contribution in [3.05, 3.63) is 0 Å². The van der Waals surface area contributed by atoms with E-state index in [-0.39, 0.29) is 6.10 Å². The molecular formula is C11H21N3O2. The van der Waals surface area contributed by atoms with E-state index in [1.54, 1.807) is 0 Å². The van der Waals surface area contributed by atoms with Crippen LogP contribution < -0.4 is 11.1 Å². The highest BCUT2D eigenvalue weighted by molar-refractivity contribution is 5.78. The molecule has 0 aromatic heterocycles. The molecular weight excluding hydrogens is 206 g/mol. The molecule has 3 N–H and O–H groups in total. The van der Waals surface area contributed by atoms with Crippen molar-refractivity contribution in [3.63, 3.8) is 0 Å². The zero-order valence-electron chi connectivity index (χ0n) is 9.65. The molecule has 0 aromatic carbocycles. The van der Waals surface area contributed by atoms with Gasteiger partial charge in [0, 0.05) is 6.04 Å². The summed E-state index contributed by atoms with van der Waals surface area (Å²) in [6.45, 7) is 2.57. The molecule has 1 saturated heterocycles. The minimum Gasteiger partial charge on any atom is -0.376 e. The van der Waals surface area contributed by atoms with Crippen molar-refractivity contribution in [2.75, 3.05) is 26.4 Å². The van der Waals surface area contributed by atoms with Crippen LogP contribution in [0.15, 0.2) is 4.99 Å². The number of ether oxygens (including phenoxy) is 2. The maximum atomic E-state index is 5.81. The third-order valence-corrected chi connectivity index (χ3v) is 3.06. The standard InChI is InChI=1S/C11H21N3O2/c12-11(14-9-3-1-2-4-9)13-7-10-8-15-5-6-16-10/h9-10H,1-8H2,(H3,12,13,14). The lowest BCUT2D eigenvalue weighted by Crippen LogP contribution is -2.40. The predicted molar refractivity (Wildman–Crippen MR) is 62.4 cm³/mol. The molecule has 5 nitrogen and oxygen atoms in total. The van der Waals surface area contributed by atoms with Gasteiger partial charge in [0.2, 0.25) is 0 Å². The third kappa shape index (κ3) is 3.64. The Balaban J connectivity index is 1.68. The van der Waals surface area contributed by atoms with Crippen LogP contribution in [0.3, 0.4) is 0 Å². The minimum atomic E-state index is 0.0673. The van der Waals surface area contributed by atoms with E-state index in [0.29, 0.717) is 38.4 Å². The van der Waals surface area contributed by atoms with E-state index < -0.39 is 0 Å². The molecule has 0 aromatic rings. The average molecular weight is 227 g/mol. The largest absolute Gasteiger partial charge is 0.376 e. The monoisotopic (exact) mass is 227 g/mol. The van der Waals surface area contributed by atoms with Gasteiger partial charge in [0.05, 0.1) is 26.4 Å². The zero-order chi connectivity index (χ0) is 11.2. The smallest absolute Gasteiger partial charge is 0.188 e. The summed E-state index contributed by atoms with van der Waals surface area (Å²) >= 11 is 0. The molecule has 2 rings (SSSR count). The molecule has 1 aliphatic carbocycles. The van der Waals surface area contributed by atoms with Crippen LogP contribution in [0.5, 0.6) is 0 Å². The molecule has 1 unspecified atom stereocenters. The van der Waals surface area contributed by atoms with E-state index in [1.807, 2.05) is 0 Å². The quantitative estimate of drug-likeness (QED) is 0.535. The molecule has 0 radical (unpaired) electrons. The number of rotatable bonds is 3. The summed E-state index contributed by atoms with van der Waals surface area (Å²) in [6.07, 6.45) is 5.07. The SMILES string of the molecule is NC(=NCC1COCCO1)NC1CCCC1. The Kier molecular flexibility index (Phi) is 4.42. The minimum absolute atomic E-state index is 0.0673. The van der Waals surface area contributed by atoms with Crippen LogP contribution in [0.4, 0.5) is 0 Å². The summed E-state index contributed by atoms with van der Waals surface area (Å²) < 4.78 is 10.8. The van der Waals surface area contributed by atoms with Gasteiger partial charge in [-0.05, 0) is 12.8 Å². The van der Waals surface area contributed by atoms with Crippen LogP contribution in [0, 0.1) is 0 Å². The molecule has 0 bridgehead atoms. The number of nitrogens with two attached hydrogens (primary N) is 1. The summed E-state index contributed by atoms with van der Waals surface area (Å²) in [5.74, 6) is 0.543. The highest BCUT2D eigenvalue weighted by Crippen LogP contribution is 2.17. The lowest BCUT2D eigenvalue weighted by atomic mass is 10.2. The molecule has 16 heavy (non-hydrogen) atoms. The van der Waals surface area contributed by atoms with Gasteiger partial charge in [-0.3, -0.25) is 4.99 Å². The summed E-state index contributed by atoms with van der Waals surface area (Å²) in [5, 5.41) is 3.25. The summed E-state index contributed by atoms with van der Waals surface area (Å²) in [6, 6.07) is 0.521. The lowest BCUT2D eigenvalue weighted by Gasteiger charge is -2.21. The molecule has 2 aliphatic rings. The van der Waals surface area contributed by atoms with Crippen LogP contribution in [-0.2, 0) is 9.47 Å². The van der Waals surface area contributed by atoms with Crippen molar-refractivity contribution in [2.24, 2.45) is 10.7 Å². The first-order chi connectivity index (χ1) is 7.84. The van der Waals surface area contributed by atoms with Crippen LogP contribution in [0.25, 0.3) is 0 Å². The maximum Gasteiger partial charge on any atom is 0.188 e. The molecule has 1 atom stereocenters. The van der Waals surface area contributed by atoms with Gasteiger partial charge in [0.1, 0.15) is 6.10 Å². The van der Waals surface area contributed by atoms with E-state index in [2.05, 4.69) is 10.3 Å². The molecule has 1 saturated carbocycles. The normalized spacial score (nSPS) is 28.2. The van der Waals surface area contributed by atoms with Crippen molar-refractivity contribution in [1.29, 1.82) is 0 Å². The number of nitrogens with one attached hydrogen (secondary N) is 1. The predicted octanol–water partition coefficient (Wildman–Crippen LogP) is 0.249. The fraction of sp³-hybridized carbons (Fsp3) is 0.909. The molecule has 5 heteroatoms. The lowest BCUT2D eigenvalue weighted by molar-refractivity contribution is -0.0832. The molecule has 1 aliphatic heterocycles.